The number of aryl methyl sites for hydroxylation is 1. The summed E-state index contributed by atoms with van der Waals surface area (Å²) in [5.41, 5.74) is 2.15. The molecule has 0 saturated heterocycles. The average Bonchev–Trinajstić information content (AvgIpc) is 3.34. The van der Waals surface area contributed by atoms with Crippen molar-refractivity contribution in [3.8, 4) is 0 Å². The number of nitrogens with zero attached hydrogens (tertiary/aromatic N) is 2. The molecule has 0 unspecified atom stereocenters. The molecule has 3 heteroatoms. The molecule has 0 bridgehead atoms. The zero-order chi connectivity index (χ0) is 24.7. The Labute approximate surface area is 185 Å². The first kappa shape index (κ1) is 41.7. The van der Waals surface area contributed by atoms with Gasteiger partial charge in [0.1, 0.15) is 6.33 Å². The van der Waals surface area contributed by atoms with Gasteiger partial charge < -0.3 is 0 Å². The molecule has 0 spiro atoms. The summed E-state index contributed by atoms with van der Waals surface area (Å²) in [6, 6.07) is 0. The molecule has 0 radical (unpaired) electrons. The number of allylic oxidation sites excluding steroid dienone is 4. The lowest BCUT2D eigenvalue weighted by Gasteiger charge is -2.02. The van der Waals surface area contributed by atoms with Crippen LogP contribution < -0.4 is 0 Å². The monoisotopic (exact) mass is 412 g/mol. The molecule has 0 fully saturated rings. The van der Waals surface area contributed by atoms with Crippen LogP contribution >= 0.6 is 0 Å². The zero-order valence-electron chi connectivity index (χ0n) is 22.8. The van der Waals surface area contributed by atoms with Gasteiger partial charge >= 0.3 is 0 Å². The van der Waals surface area contributed by atoms with E-state index in [1.54, 1.807) is 10.9 Å². The lowest BCUT2D eigenvalue weighted by Crippen LogP contribution is -2.08. The maximum atomic E-state index is 11.9. The lowest BCUT2D eigenvalue weighted by atomic mass is 10.1. The van der Waals surface area contributed by atoms with E-state index in [0.717, 1.165) is 18.5 Å². The highest BCUT2D eigenvalue weighted by Gasteiger charge is 2.06. The third kappa shape index (κ3) is 28.7. The summed E-state index contributed by atoms with van der Waals surface area (Å²) in [5.74, 6) is 0.0982. The molecular formula is C26H56N2O. The first-order chi connectivity index (χ1) is 14.2. The van der Waals surface area contributed by atoms with Crippen LogP contribution in [-0.2, 0) is 6.42 Å². The van der Waals surface area contributed by atoms with Gasteiger partial charge in [0.15, 0.2) is 0 Å². The summed E-state index contributed by atoms with van der Waals surface area (Å²) in [7, 11) is 0. The molecule has 3 nitrogen and oxygen atoms in total. The van der Waals surface area contributed by atoms with E-state index in [4.69, 9.17) is 0 Å². The van der Waals surface area contributed by atoms with E-state index >= 15 is 0 Å². The summed E-state index contributed by atoms with van der Waals surface area (Å²) in [4.78, 5) is 16.0. The third-order valence-corrected chi connectivity index (χ3v) is 2.67. The Morgan fingerprint density at radius 1 is 0.862 bits per heavy atom. The Morgan fingerprint density at radius 3 is 1.62 bits per heavy atom. The van der Waals surface area contributed by atoms with E-state index < -0.39 is 0 Å². The van der Waals surface area contributed by atoms with Crippen LogP contribution in [0.1, 0.15) is 127 Å². The number of carbonyl (C=O) groups is 1. The zero-order valence-corrected chi connectivity index (χ0v) is 22.8. The second kappa shape index (κ2) is 45.2. The van der Waals surface area contributed by atoms with Crippen molar-refractivity contribution < 1.29 is 4.79 Å². The summed E-state index contributed by atoms with van der Waals surface area (Å²) in [6.07, 6.45) is 11.6. The Hall–Kier alpha value is -1.64. The largest absolute Gasteiger partial charge is 0.276 e. The van der Waals surface area contributed by atoms with Crippen molar-refractivity contribution in [1.82, 2.24) is 9.55 Å². The van der Waals surface area contributed by atoms with Gasteiger partial charge in [0.25, 0.3) is 0 Å². The number of imidazole rings is 1. The summed E-state index contributed by atoms with van der Waals surface area (Å²) >= 11 is 0. The van der Waals surface area contributed by atoms with Crippen molar-refractivity contribution in [2.75, 3.05) is 0 Å². The number of rotatable bonds is 5. The van der Waals surface area contributed by atoms with Gasteiger partial charge in [-0.25, -0.2) is 4.98 Å². The minimum absolute atomic E-state index is 0.0982. The molecule has 1 rings (SSSR count). The summed E-state index contributed by atoms with van der Waals surface area (Å²) in [6.45, 7) is 30.0. The van der Waals surface area contributed by atoms with Gasteiger partial charge in [-0.1, -0.05) is 114 Å². The van der Waals surface area contributed by atoms with Gasteiger partial charge in [-0.05, 0) is 26.7 Å². The molecule has 0 aromatic carbocycles. The van der Waals surface area contributed by atoms with Crippen molar-refractivity contribution in [3.05, 3.63) is 42.0 Å². The molecule has 176 valence electrons. The minimum Gasteiger partial charge on any atom is -0.276 e. The lowest BCUT2D eigenvalue weighted by molar-refractivity contribution is 0.0903. The second-order valence-electron chi connectivity index (χ2n) is 3.88. The molecule has 1 aromatic rings. The molecule has 0 aliphatic carbocycles. The average molecular weight is 413 g/mol. The van der Waals surface area contributed by atoms with Crippen LogP contribution in [0.15, 0.2) is 36.3 Å². The summed E-state index contributed by atoms with van der Waals surface area (Å²) in [5, 5.41) is 0. The van der Waals surface area contributed by atoms with E-state index in [2.05, 4.69) is 4.98 Å². The van der Waals surface area contributed by atoms with Crippen molar-refractivity contribution >= 4 is 5.91 Å². The Kier molecular flexibility index (Phi) is 65.0. The summed E-state index contributed by atoms with van der Waals surface area (Å²) < 4.78 is 1.59. The fourth-order valence-corrected chi connectivity index (χ4v) is 1.60. The van der Waals surface area contributed by atoms with Crippen LogP contribution in [0, 0.1) is 0 Å². The Bertz CT molecular complexity index is 430. The highest BCUT2D eigenvalue weighted by Crippen LogP contribution is 2.09. The molecule has 0 saturated carbocycles. The van der Waals surface area contributed by atoms with Gasteiger partial charge in [0.05, 0.1) is 5.69 Å². The van der Waals surface area contributed by atoms with Crippen LogP contribution in [0.5, 0.6) is 0 Å². The highest BCUT2D eigenvalue weighted by molar-refractivity contribution is 5.79. The van der Waals surface area contributed by atoms with Gasteiger partial charge in [0.2, 0.25) is 5.91 Å². The SMILES string of the molecule is C/C=C\C(=C/C)CCC(=O)n1cnc(CC)c1.CC.CC.CC.CC.CC.CC. The van der Waals surface area contributed by atoms with Crippen LogP contribution in [0.2, 0.25) is 0 Å². The maximum absolute atomic E-state index is 11.9. The Morgan fingerprint density at radius 2 is 1.31 bits per heavy atom. The van der Waals surface area contributed by atoms with Crippen LogP contribution in [-0.4, -0.2) is 15.5 Å². The molecular weight excluding hydrogens is 356 g/mol. The predicted octanol–water partition coefficient (Wildman–Crippen LogP) is 9.55. The topological polar surface area (TPSA) is 34.9 Å². The minimum atomic E-state index is 0.0982. The van der Waals surface area contributed by atoms with E-state index in [0.29, 0.717) is 6.42 Å². The van der Waals surface area contributed by atoms with E-state index in [-0.39, 0.29) is 5.91 Å². The van der Waals surface area contributed by atoms with E-state index in [1.807, 2.05) is 128 Å². The molecule has 0 atom stereocenters. The highest BCUT2D eigenvalue weighted by atomic mass is 16.2. The molecule has 0 N–H and O–H groups in total. The molecule has 1 heterocycles. The van der Waals surface area contributed by atoms with Gasteiger partial charge in [0, 0.05) is 12.6 Å². The molecule has 29 heavy (non-hydrogen) atoms. The Balaban J connectivity index is -0.0000000942. The van der Waals surface area contributed by atoms with Crippen molar-refractivity contribution in [2.24, 2.45) is 0 Å². The van der Waals surface area contributed by atoms with Gasteiger partial charge in [-0.3, -0.25) is 9.36 Å². The fraction of sp³-hybridized carbons (Fsp3) is 0.692. The van der Waals surface area contributed by atoms with Gasteiger partial charge in [-0.15, -0.1) is 0 Å². The van der Waals surface area contributed by atoms with Crippen LogP contribution in [0.3, 0.4) is 0 Å². The van der Waals surface area contributed by atoms with Gasteiger partial charge in [-0.2, -0.15) is 0 Å². The first-order valence-corrected chi connectivity index (χ1v) is 12.0. The maximum Gasteiger partial charge on any atom is 0.232 e. The smallest absolute Gasteiger partial charge is 0.232 e. The van der Waals surface area contributed by atoms with E-state index in [9.17, 15) is 4.79 Å². The first-order valence-electron chi connectivity index (χ1n) is 12.0. The molecule has 1 aromatic heterocycles. The molecule has 0 amide bonds. The normalized spacial score (nSPS) is 8.45. The number of aromatic nitrogens is 2. The third-order valence-electron chi connectivity index (χ3n) is 2.67. The quantitative estimate of drug-likeness (QED) is 0.451. The second-order valence-corrected chi connectivity index (χ2v) is 3.88. The fourth-order valence-electron chi connectivity index (χ4n) is 1.60. The number of hydrogen-bond acceptors (Lipinski definition) is 2. The van der Waals surface area contributed by atoms with Crippen LogP contribution in [0.4, 0.5) is 0 Å². The van der Waals surface area contributed by atoms with Crippen molar-refractivity contribution in [2.45, 2.75) is 123 Å². The van der Waals surface area contributed by atoms with Crippen molar-refractivity contribution in [1.29, 1.82) is 0 Å². The number of hydrogen-bond donors (Lipinski definition) is 0. The molecule has 0 aliphatic heterocycles. The van der Waals surface area contributed by atoms with Crippen molar-refractivity contribution in [3.63, 3.8) is 0 Å². The van der Waals surface area contributed by atoms with E-state index in [1.165, 1.54) is 5.57 Å². The number of carbonyl (C=O) groups excluding carboxylic acids is 1. The predicted molar refractivity (Wildman–Crippen MR) is 138 cm³/mol. The standard InChI is InChI=1S/C14H20N2O.6C2H6/c1-4-7-12(5-2)8-9-14(17)16-10-13(6-3)15-11-16;6*1-2/h4-5,7,10-11H,6,8-9H2,1-3H3;6*1-2H3/b7-4-,12-5+;;;;;;. The van der Waals surface area contributed by atoms with Crippen LogP contribution in [0.25, 0.3) is 0 Å². The molecule has 0 aliphatic rings.